The van der Waals surface area contributed by atoms with E-state index in [0.29, 0.717) is 27.9 Å². The Morgan fingerprint density at radius 2 is 1.96 bits per heavy atom. The van der Waals surface area contributed by atoms with Crippen molar-refractivity contribution >= 4 is 33.3 Å². The third-order valence-electron chi connectivity index (χ3n) is 3.08. The second kappa shape index (κ2) is 6.01. The third kappa shape index (κ3) is 3.00. The van der Waals surface area contributed by atoms with Crippen molar-refractivity contribution in [2.24, 2.45) is 0 Å². The van der Waals surface area contributed by atoms with Crippen molar-refractivity contribution in [2.75, 3.05) is 5.75 Å². The quantitative estimate of drug-likeness (QED) is 0.509. The number of thioether (sulfide) groups is 1. The number of fused-ring (bicyclic) bond motifs is 1. The average Bonchev–Trinajstić information content (AvgIpc) is 2.93. The fourth-order valence-corrected chi connectivity index (χ4v) is 3.76. The Balaban J connectivity index is 2.32. The van der Waals surface area contributed by atoms with E-state index < -0.39 is 16.6 Å². The minimum absolute atomic E-state index is 0.0154. The first-order valence-electron chi connectivity index (χ1n) is 6.74. The molecule has 2 heterocycles. The lowest BCUT2D eigenvalue weighted by atomic mass is 10.3. The van der Waals surface area contributed by atoms with Crippen LogP contribution < -0.4 is 5.56 Å². The van der Waals surface area contributed by atoms with E-state index in [1.54, 1.807) is 30.3 Å². The second-order valence-corrected chi connectivity index (χ2v) is 6.91. The number of benzene rings is 1. The number of thiophene rings is 1. The topological polar surface area (TPSA) is 34.9 Å². The van der Waals surface area contributed by atoms with Gasteiger partial charge in [-0.15, -0.1) is 11.3 Å². The molecule has 0 aliphatic heterocycles. The third-order valence-corrected chi connectivity index (χ3v) is 5.06. The lowest BCUT2D eigenvalue weighted by Gasteiger charge is -2.10. The van der Waals surface area contributed by atoms with E-state index in [4.69, 9.17) is 0 Å². The van der Waals surface area contributed by atoms with Crippen molar-refractivity contribution < 1.29 is 13.2 Å². The molecule has 3 rings (SSSR count). The molecule has 0 N–H and O–H groups in total. The predicted octanol–water partition coefficient (Wildman–Crippen LogP) is 4.58. The molecule has 3 aromatic rings. The van der Waals surface area contributed by atoms with Gasteiger partial charge in [0.05, 0.1) is 11.2 Å². The van der Waals surface area contributed by atoms with Crippen LogP contribution in [0.4, 0.5) is 13.2 Å². The van der Waals surface area contributed by atoms with Crippen molar-refractivity contribution in [3.8, 4) is 5.69 Å². The molecule has 2 aromatic heterocycles. The molecule has 120 valence electrons. The number of rotatable bonds is 3. The molecular weight excluding hydrogens is 345 g/mol. The Kier molecular flexibility index (Phi) is 4.20. The monoisotopic (exact) mass is 356 g/mol. The highest BCUT2D eigenvalue weighted by Gasteiger charge is 2.34. The summed E-state index contributed by atoms with van der Waals surface area (Å²) >= 11 is 1.75. The minimum atomic E-state index is -4.48. The fraction of sp³-hybridized carbons (Fsp3) is 0.200. The van der Waals surface area contributed by atoms with Crippen LogP contribution in [0.1, 0.15) is 11.8 Å². The molecule has 0 amide bonds. The standard InChI is InChI=1S/C15H11F3N2OS2/c1-2-22-14-19-10-8-11(15(16,17)18)23-12(10)13(21)20(14)9-6-4-3-5-7-9/h3-8H,2H2,1H3. The van der Waals surface area contributed by atoms with Gasteiger partial charge in [-0.2, -0.15) is 13.2 Å². The Morgan fingerprint density at radius 1 is 1.26 bits per heavy atom. The molecule has 0 atom stereocenters. The molecule has 0 fully saturated rings. The summed E-state index contributed by atoms with van der Waals surface area (Å²) in [5, 5.41) is 0.391. The van der Waals surface area contributed by atoms with E-state index in [2.05, 4.69) is 4.98 Å². The maximum absolute atomic E-state index is 12.9. The Labute approximate surface area is 137 Å². The largest absolute Gasteiger partial charge is 0.425 e. The molecule has 0 radical (unpaired) electrons. The summed E-state index contributed by atoms with van der Waals surface area (Å²) in [6, 6.07) is 9.74. The van der Waals surface area contributed by atoms with E-state index in [1.807, 2.05) is 6.92 Å². The second-order valence-electron chi connectivity index (χ2n) is 4.63. The zero-order valence-electron chi connectivity index (χ0n) is 11.9. The molecule has 3 nitrogen and oxygen atoms in total. The summed E-state index contributed by atoms with van der Waals surface area (Å²) in [7, 11) is 0. The van der Waals surface area contributed by atoms with Gasteiger partial charge < -0.3 is 0 Å². The number of hydrogen-bond donors (Lipinski definition) is 0. The van der Waals surface area contributed by atoms with Crippen LogP contribution in [-0.2, 0) is 6.18 Å². The van der Waals surface area contributed by atoms with Crippen LogP contribution in [0.5, 0.6) is 0 Å². The number of alkyl halides is 3. The lowest BCUT2D eigenvalue weighted by molar-refractivity contribution is -0.134. The molecule has 0 spiro atoms. The van der Waals surface area contributed by atoms with Gasteiger partial charge in [-0.25, -0.2) is 4.98 Å². The number of nitrogens with zero attached hydrogens (tertiary/aromatic N) is 2. The van der Waals surface area contributed by atoms with Gasteiger partial charge in [-0.1, -0.05) is 36.9 Å². The van der Waals surface area contributed by atoms with Gasteiger partial charge in [-0.3, -0.25) is 9.36 Å². The molecule has 1 aromatic carbocycles. The van der Waals surface area contributed by atoms with Crippen LogP contribution in [-0.4, -0.2) is 15.3 Å². The highest BCUT2D eigenvalue weighted by Crippen LogP contribution is 2.37. The van der Waals surface area contributed by atoms with Gasteiger partial charge in [-0.05, 0) is 24.0 Å². The number of halogens is 3. The van der Waals surface area contributed by atoms with Gasteiger partial charge in [0.25, 0.3) is 5.56 Å². The van der Waals surface area contributed by atoms with Gasteiger partial charge in [0.2, 0.25) is 0 Å². The van der Waals surface area contributed by atoms with Crippen molar-refractivity contribution in [2.45, 2.75) is 18.3 Å². The lowest BCUT2D eigenvalue weighted by Crippen LogP contribution is -2.20. The van der Waals surface area contributed by atoms with Crippen LogP contribution in [0, 0.1) is 0 Å². The van der Waals surface area contributed by atoms with Crippen molar-refractivity contribution in [1.29, 1.82) is 0 Å². The van der Waals surface area contributed by atoms with Crippen molar-refractivity contribution in [3.63, 3.8) is 0 Å². The summed E-state index contributed by atoms with van der Waals surface area (Å²) in [5.74, 6) is 0.654. The van der Waals surface area contributed by atoms with Crippen molar-refractivity contribution in [3.05, 3.63) is 51.6 Å². The van der Waals surface area contributed by atoms with Crippen LogP contribution >= 0.6 is 23.1 Å². The summed E-state index contributed by atoms with van der Waals surface area (Å²) in [6.45, 7) is 1.89. The average molecular weight is 356 g/mol. The smallest absolute Gasteiger partial charge is 0.267 e. The van der Waals surface area contributed by atoms with E-state index in [1.165, 1.54) is 16.3 Å². The molecule has 0 saturated heterocycles. The van der Waals surface area contributed by atoms with E-state index in [9.17, 15) is 18.0 Å². The maximum Gasteiger partial charge on any atom is 0.425 e. The zero-order valence-corrected chi connectivity index (χ0v) is 13.6. The molecule has 0 aliphatic rings. The Morgan fingerprint density at radius 3 is 2.57 bits per heavy atom. The number of hydrogen-bond acceptors (Lipinski definition) is 4. The number of para-hydroxylation sites is 1. The minimum Gasteiger partial charge on any atom is -0.267 e. The Bertz CT molecular complexity index is 901. The van der Waals surface area contributed by atoms with Gasteiger partial charge in [0, 0.05) is 0 Å². The maximum atomic E-state index is 12.9. The van der Waals surface area contributed by atoms with Gasteiger partial charge in [0.1, 0.15) is 9.58 Å². The summed E-state index contributed by atoms with van der Waals surface area (Å²) in [5.41, 5.74) is 0.206. The van der Waals surface area contributed by atoms with Crippen LogP contribution in [0.2, 0.25) is 0 Å². The van der Waals surface area contributed by atoms with Crippen LogP contribution in [0.15, 0.2) is 46.3 Å². The molecule has 8 heteroatoms. The van der Waals surface area contributed by atoms with Gasteiger partial charge >= 0.3 is 6.18 Å². The summed E-state index contributed by atoms with van der Waals surface area (Å²) in [6.07, 6.45) is -4.48. The molecular formula is C15H11F3N2OS2. The summed E-state index contributed by atoms with van der Waals surface area (Å²) < 4.78 is 40.1. The molecule has 23 heavy (non-hydrogen) atoms. The first-order valence-corrected chi connectivity index (χ1v) is 8.54. The molecule has 0 aliphatic carbocycles. The SMILES string of the molecule is CCSc1nc2cc(C(F)(F)F)sc2c(=O)n1-c1ccccc1. The summed E-state index contributed by atoms with van der Waals surface area (Å²) in [4.78, 5) is 16.2. The van der Waals surface area contributed by atoms with E-state index in [0.717, 1.165) is 6.07 Å². The molecule has 0 bridgehead atoms. The number of aromatic nitrogens is 2. The Hall–Kier alpha value is -1.80. The fourth-order valence-electron chi connectivity index (χ4n) is 2.13. The highest BCUT2D eigenvalue weighted by molar-refractivity contribution is 7.99. The van der Waals surface area contributed by atoms with Crippen LogP contribution in [0.25, 0.3) is 15.9 Å². The van der Waals surface area contributed by atoms with Crippen molar-refractivity contribution in [1.82, 2.24) is 9.55 Å². The normalized spacial score (nSPS) is 12.0. The van der Waals surface area contributed by atoms with Gasteiger partial charge in [0.15, 0.2) is 5.16 Å². The van der Waals surface area contributed by atoms with E-state index in [-0.39, 0.29) is 10.2 Å². The highest BCUT2D eigenvalue weighted by atomic mass is 32.2. The van der Waals surface area contributed by atoms with E-state index >= 15 is 0 Å². The molecule has 0 saturated carbocycles. The molecule has 0 unspecified atom stereocenters. The van der Waals surface area contributed by atoms with Crippen LogP contribution in [0.3, 0.4) is 0 Å². The first-order chi connectivity index (χ1) is 10.9. The first kappa shape index (κ1) is 16.1. The predicted molar refractivity (Wildman–Crippen MR) is 86.6 cm³/mol. The zero-order chi connectivity index (χ0) is 16.6.